The largest absolute Gasteiger partial charge is 0.497 e. The summed E-state index contributed by atoms with van der Waals surface area (Å²) in [5.41, 5.74) is 1.28. The van der Waals surface area contributed by atoms with Crippen molar-refractivity contribution in [3.05, 3.63) is 23.8 Å². The van der Waals surface area contributed by atoms with E-state index < -0.39 is 0 Å². The van der Waals surface area contributed by atoms with Crippen LogP contribution in [0.2, 0.25) is 0 Å². The van der Waals surface area contributed by atoms with Crippen LogP contribution in [-0.4, -0.2) is 19.3 Å². The summed E-state index contributed by atoms with van der Waals surface area (Å²) >= 11 is 0. The smallest absolute Gasteiger partial charge is 0.125 e. The Balaban J connectivity index is 1.93. The Bertz CT molecular complexity index is 502. The highest BCUT2D eigenvalue weighted by atomic mass is 16.5. The molecule has 1 aromatic rings. The summed E-state index contributed by atoms with van der Waals surface area (Å²) < 4.78 is 11.9. The lowest BCUT2D eigenvalue weighted by atomic mass is 9.73. The lowest BCUT2D eigenvalue weighted by molar-refractivity contribution is -0.0179. The number of methoxy groups -OCH3 is 1. The van der Waals surface area contributed by atoms with Gasteiger partial charge in [0.1, 0.15) is 17.1 Å². The van der Waals surface area contributed by atoms with Gasteiger partial charge in [-0.05, 0) is 49.9 Å². The highest BCUT2D eigenvalue weighted by Crippen LogP contribution is 2.48. The third kappa shape index (κ3) is 2.89. The third-order valence-corrected chi connectivity index (χ3v) is 5.00. The van der Waals surface area contributed by atoms with Gasteiger partial charge in [0.15, 0.2) is 0 Å². The van der Waals surface area contributed by atoms with Gasteiger partial charge < -0.3 is 14.8 Å². The quantitative estimate of drug-likeness (QED) is 0.909. The van der Waals surface area contributed by atoms with E-state index in [9.17, 15) is 0 Å². The molecule has 1 heterocycles. The molecule has 3 nitrogen and oxygen atoms in total. The van der Waals surface area contributed by atoms with Crippen molar-refractivity contribution in [2.75, 3.05) is 13.7 Å². The molecule has 1 spiro atoms. The molecule has 0 bridgehead atoms. The zero-order valence-electron chi connectivity index (χ0n) is 13.4. The molecule has 116 valence electrons. The van der Waals surface area contributed by atoms with Crippen molar-refractivity contribution in [1.82, 2.24) is 5.32 Å². The summed E-state index contributed by atoms with van der Waals surface area (Å²) in [7, 11) is 1.72. The topological polar surface area (TPSA) is 30.5 Å². The number of nitrogens with one attached hydrogen (secondary N) is 1. The number of rotatable bonds is 3. The van der Waals surface area contributed by atoms with E-state index in [2.05, 4.69) is 31.3 Å². The van der Waals surface area contributed by atoms with Crippen LogP contribution in [0.5, 0.6) is 11.5 Å². The normalized spacial score (nSPS) is 31.6. The summed E-state index contributed by atoms with van der Waals surface area (Å²) in [5, 5.41) is 3.64. The van der Waals surface area contributed by atoms with Gasteiger partial charge >= 0.3 is 0 Å². The van der Waals surface area contributed by atoms with E-state index in [-0.39, 0.29) is 5.60 Å². The minimum atomic E-state index is 0.0338. The van der Waals surface area contributed by atoms with E-state index in [1.165, 1.54) is 31.2 Å². The van der Waals surface area contributed by atoms with Crippen molar-refractivity contribution in [3.8, 4) is 11.5 Å². The molecule has 3 atom stereocenters. The molecule has 1 N–H and O–H groups in total. The monoisotopic (exact) mass is 289 g/mol. The minimum absolute atomic E-state index is 0.0338. The number of hydrogen-bond acceptors (Lipinski definition) is 3. The van der Waals surface area contributed by atoms with Crippen LogP contribution >= 0.6 is 0 Å². The molecule has 1 saturated carbocycles. The number of hydrogen-bond donors (Lipinski definition) is 1. The lowest BCUT2D eigenvalue weighted by Crippen LogP contribution is -2.47. The van der Waals surface area contributed by atoms with Crippen LogP contribution in [-0.2, 0) is 0 Å². The SMILES string of the molecule is CCNC1CC2(CCCC(C)C2)Oc2ccc(OC)cc21. The Morgan fingerprint density at radius 1 is 1.38 bits per heavy atom. The molecular formula is C18H27NO2. The summed E-state index contributed by atoms with van der Waals surface area (Å²) in [4.78, 5) is 0. The molecule has 0 radical (unpaired) electrons. The van der Waals surface area contributed by atoms with Gasteiger partial charge in [-0.15, -0.1) is 0 Å². The first-order chi connectivity index (χ1) is 10.2. The maximum absolute atomic E-state index is 6.51. The fourth-order valence-corrected chi connectivity index (χ4v) is 4.09. The Labute approximate surface area is 128 Å². The first-order valence-corrected chi connectivity index (χ1v) is 8.26. The van der Waals surface area contributed by atoms with Crippen LogP contribution in [0.1, 0.15) is 57.6 Å². The van der Waals surface area contributed by atoms with Crippen LogP contribution in [0.3, 0.4) is 0 Å². The second kappa shape index (κ2) is 5.88. The van der Waals surface area contributed by atoms with Gasteiger partial charge in [0, 0.05) is 18.0 Å². The van der Waals surface area contributed by atoms with E-state index in [0.29, 0.717) is 6.04 Å². The van der Waals surface area contributed by atoms with Crippen molar-refractivity contribution in [3.63, 3.8) is 0 Å². The molecular weight excluding hydrogens is 262 g/mol. The molecule has 0 amide bonds. The van der Waals surface area contributed by atoms with E-state index in [1.807, 2.05) is 6.07 Å². The van der Waals surface area contributed by atoms with Crippen molar-refractivity contribution in [2.45, 2.75) is 57.6 Å². The van der Waals surface area contributed by atoms with Crippen molar-refractivity contribution in [1.29, 1.82) is 0 Å². The van der Waals surface area contributed by atoms with Crippen LogP contribution in [0.25, 0.3) is 0 Å². The van der Waals surface area contributed by atoms with Crippen LogP contribution in [0, 0.1) is 5.92 Å². The van der Waals surface area contributed by atoms with Crippen molar-refractivity contribution < 1.29 is 9.47 Å². The lowest BCUT2D eigenvalue weighted by Gasteiger charge is -2.46. The van der Waals surface area contributed by atoms with Crippen LogP contribution in [0.4, 0.5) is 0 Å². The van der Waals surface area contributed by atoms with Crippen LogP contribution in [0.15, 0.2) is 18.2 Å². The molecule has 1 aromatic carbocycles. The molecule has 3 rings (SSSR count). The zero-order chi connectivity index (χ0) is 14.9. The molecule has 1 fully saturated rings. The summed E-state index contributed by atoms with van der Waals surface area (Å²) in [6.45, 7) is 5.51. The molecule has 3 heteroatoms. The van der Waals surface area contributed by atoms with Crippen LogP contribution < -0.4 is 14.8 Å². The predicted octanol–water partition coefficient (Wildman–Crippen LogP) is 4.08. The van der Waals surface area contributed by atoms with Crippen molar-refractivity contribution >= 4 is 0 Å². The fraction of sp³-hybridized carbons (Fsp3) is 0.667. The molecule has 0 saturated heterocycles. The standard InChI is InChI=1S/C18H27NO2/c1-4-19-16-12-18(9-5-6-13(2)11-18)21-17-8-7-14(20-3)10-15(16)17/h7-8,10,13,16,19H,4-6,9,11-12H2,1-3H3. The summed E-state index contributed by atoms with van der Waals surface area (Å²) in [6.07, 6.45) is 6.06. The van der Waals surface area contributed by atoms with Gasteiger partial charge in [0.25, 0.3) is 0 Å². The van der Waals surface area contributed by atoms with Gasteiger partial charge in [-0.3, -0.25) is 0 Å². The number of fused-ring (bicyclic) bond motifs is 1. The summed E-state index contributed by atoms with van der Waals surface area (Å²) in [5.74, 6) is 2.72. The molecule has 1 aliphatic heterocycles. The van der Waals surface area contributed by atoms with E-state index >= 15 is 0 Å². The number of benzene rings is 1. The second-order valence-electron chi connectivity index (χ2n) is 6.70. The highest BCUT2D eigenvalue weighted by Gasteiger charge is 2.43. The molecule has 2 aliphatic rings. The Morgan fingerprint density at radius 3 is 2.95 bits per heavy atom. The van der Waals surface area contributed by atoms with Gasteiger partial charge in [-0.1, -0.05) is 20.3 Å². The van der Waals surface area contributed by atoms with E-state index in [1.54, 1.807) is 7.11 Å². The van der Waals surface area contributed by atoms with Gasteiger partial charge in [-0.25, -0.2) is 0 Å². The van der Waals surface area contributed by atoms with Gasteiger partial charge in [-0.2, -0.15) is 0 Å². The Hall–Kier alpha value is -1.22. The first-order valence-electron chi connectivity index (χ1n) is 8.26. The maximum atomic E-state index is 6.51. The maximum Gasteiger partial charge on any atom is 0.125 e. The second-order valence-corrected chi connectivity index (χ2v) is 6.70. The molecule has 1 aliphatic carbocycles. The van der Waals surface area contributed by atoms with E-state index in [4.69, 9.17) is 9.47 Å². The Kier molecular flexibility index (Phi) is 4.12. The fourth-order valence-electron chi connectivity index (χ4n) is 4.09. The molecule has 0 aromatic heterocycles. The zero-order valence-corrected chi connectivity index (χ0v) is 13.4. The minimum Gasteiger partial charge on any atom is -0.497 e. The molecule has 3 unspecified atom stereocenters. The van der Waals surface area contributed by atoms with Gasteiger partial charge in [0.2, 0.25) is 0 Å². The highest BCUT2D eigenvalue weighted by molar-refractivity contribution is 5.44. The Morgan fingerprint density at radius 2 is 2.24 bits per heavy atom. The van der Waals surface area contributed by atoms with Crippen molar-refractivity contribution in [2.24, 2.45) is 5.92 Å². The van der Waals surface area contributed by atoms with Gasteiger partial charge in [0.05, 0.1) is 7.11 Å². The summed E-state index contributed by atoms with van der Waals surface area (Å²) in [6, 6.07) is 6.59. The first kappa shape index (κ1) is 14.7. The number of ether oxygens (including phenoxy) is 2. The third-order valence-electron chi connectivity index (χ3n) is 5.00. The average Bonchev–Trinajstić information content (AvgIpc) is 2.47. The predicted molar refractivity (Wildman–Crippen MR) is 85.0 cm³/mol. The molecule has 21 heavy (non-hydrogen) atoms. The van der Waals surface area contributed by atoms with E-state index in [0.717, 1.165) is 30.4 Å². The average molecular weight is 289 g/mol.